The molecule has 0 spiro atoms. The Morgan fingerprint density at radius 3 is 2.12 bits per heavy atom. The minimum Gasteiger partial charge on any atom is -0.467 e. The molecule has 0 bridgehead atoms. The summed E-state index contributed by atoms with van der Waals surface area (Å²) in [7, 11) is 1.24. The van der Waals surface area contributed by atoms with Crippen LogP contribution in [0.5, 0.6) is 0 Å². The molecule has 32 heavy (non-hydrogen) atoms. The Kier molecular flexibility index (Phi) is 10.3. The zero-order valence-corrected chi connectivity index (χ0v) is 19.7. The summed E-state index contributed by atoms with van der Waals surface area (Å²) in [6.45, 7) is 8.55. The SMILES string of the molecule is COC(=O)[C@H](Cc1ccccc1)NC(=O)[C@@H](NC(=O)[C@H](CC(C)C)C[N+](=O)[O-])C(C)(C)C. The average Bonchev–Trinajstić information content (AvgIpc) is 2.69. The fourth-order valence-electron chi connectivity index (χ4n) is 3.39. The lowest BCUT2D eigenvalue weighted by molar-refractivity contribution is -0.486. The number of hydrogen-bond acceptors (Lipinski definition) is 6. The van der Waals surface area contributed by atoms with Gasteiger partial charge in [-0.15, -0.1) is 0 Å². The van der Waals surface area contributed by atoms with Gasteiger partial charge in [0, 0.05) is 11.3 Å². The van der Waals surface area contributed by atoms with E-state index in [9.17, 15) is 24.5 Å². The van der Waals surface area contributed by atoms with Crippen molar-refractivity contribution < 1.29 is 24.0 Å². The van der Waals surface area contributed by atoms with Crippen molar-refractivity contribution in [3.05, 3.63) is 46.0 Å². The van der Waals surface area contributed by atoms with Crippen molar-refractivity contribution in [1.82, 2.24) is 10.6 Å². The first-order valence-corrected chi connectivity index (χ1v) is 10.7. The minimum atomic E-state index is -1.00. The largest absolute Gasteiger partial charge is 0.467 e. The molecule has 3 atom stereocenters. The Labute approximate surface area is 189 Å². The Balaban J connectivity index is 3.05. The fourth-order valence-corrected chi connectivity index (χ4v) is 3.39. The van der Waals surface area contributed by atoms with Crippen LogP contribution in [-0.4, -0.2) is 48.4 Å². The van der Waals surface area contributed by atoms with Gasteiger partial charge in [0.15, 0.2) is 0 Å². The monoisotopic (exact) mass is 449 g/mol. The number of nitro groups is 1. The maximum Gasteiger partial charge on any atom is 0.328 e. The van der Waals surface area contributed by atoms with Crippen LogP contribution in [0.4, 0.5) is 0 Å². The summed E-state index contributed by atoms with van der Waals surface area (Å²) in [5.41, 5.74) is 0.131. The number of amides is 2. The molecule has 1 aromatic rings. The molecule has 0 aliphatic heterocycles. The molecule has 0 aliphatic carbocycles. The minimum absolute atomic E-state index is 0.0715. The Hall–Kier alpha value is -2.97. The highest BCUT2D eigenvalue weighted by molar-refractivity contribution is 5.92. The van der Waals surface area contributed by atoms with Crippen LogP contribution in [0.2, 0.25) is 0 Å². The van der Waals surface area contributed by atoms with Crippen molar-refractivity contribution in [2.24, 2.45) is 17.3 Å². The fraction of sp³-hybridized carbons (Fsp3) is 0.609. The van der Waals surface area contributed by atoms with Crippen molar-refractivity contribution in [3.63, 3.8) is 0 Å². The molecule has 1 rings (SSSR count). The molecule has 9 nitrogen and oxygen atoms in total. The van der Waals surface area contributed by atoms with Crippen molar-refractivity contribution in [2.45, 2.75) is 59.5 Å². The average molecular weight is 450 g/mol. The number of nitrogens with one attached hydrogen (secondary N) is 2. The lowest BCUT2D eigenvalue weighted by Crippen LogP contribution is -2.58. The predicted molar refractivity (Wildman–Crippen MR) is 120 cm³/mol. The molecular weight excluding hydrogens is 414 g/mol. The third-order valence-corrected chi connectivity index (χ3v) is 5.00. The number of methoxy groups -OCH3 is 1. The Morgan fingerprint density at radius 1 is 1.06 bits per heavy atom. The van der Waals surface area contributed by atoms with E-state index in [1.165, 1.54) is 7.11 Å². The first-order valence-electron chi connectivity index (χ1n) is 10.7. The lowest BCUT2D eigenvalue weighted by atomic mass is 9.85. The van der Waals surface area contributed by atoms with Gasteiger partial charge in [-0.1, -0.05) is 65.0 Å². The summed E-state index contributed by atoms with van der Waals surface area (Å²) in [6.07, 6.45) is 0.547. The van der Waals surface area contributed by atoms with Crippen molar-refractivity contribution in [1.29, 1.82) is 0 Å². The number of esters is 1. The molecule has 1 aromatic carbocycles. The van der Waals surface area contributed by atoms with E-state index in [2.05, 4.69) is 10.6 Å². The molecule has 0 aliphatic rings. The van der Waals surface area contributed by atoms with E-state index in [0.29, 0.717) is 6.42 Å². The van der Waals surface area contributed by atoms with Crippen LogP contribution in [0.25, 0.3) is 0 Å². The highest BCUT2D eigenvalue weighted by Gasteiger charge is 2.37. The van der Waals surface area contributed by atoms with E-state index in [4.69, 9.17) is 4.74 Å². The van der Waals surface area contributed by atoms with E-state index in [0.717, 1.165) is 5.56 Å². The Bertz CT molecular complexity index is 789. The molecule has 0 unspecified atom stereocenters. The zero-order chi connectivity index (χ0) is 24.5. The topological polar surface area (TPSA) is 128 Å². The summed E-state index contributed by atoms with van der Waals surface area (Å²) < 4.78 is 4.84. The van der Waals surface area contributed by atoms with E-state index in [1.54, 1.807) is 20.8 Å². The maximum atomic E-state index is 13.1. The molecular formula is C23H35N3O6. The normalized spacial score (nSPS) is 14.2. The van der Waals surface area contributed by atoms with E-state index in [-0.39, 0.29) is 12.3 Å². The number of rotatable bonds is 11. The predicted octanol–water partition coefficient (Wildman–Crippen LogP) is 2.36. The Morgan fingerprint density at radius 2 is 1.66 bits per heavy atom. The second-order valence-corrected chi connectivity index (χ2v) is 9.42. The number of ether oxygens (including phenoxy) is 1. The van der Waals surface area contributed by atoms with Gasteiger partial charge in [-0.2, -0.15) is 0 Å². The summed E-state index contributed by atoms with van der Waals surface area (Å²) in [6, 6.07) is 7.22. The molecule has 0 aromatic heterocycles. The first-order chi connectivity index (χ1) is 14.8. The van der Waals surface area contributed by atoms with Crippen LogP contribution in [0.15, 0.2) is 30.3 Å². The quantitative estimate of drug-likeness (QED) is 0.303. The number of benzene rings is 1. The number of hydrogen-bond donors (Lipinski definition) is 2. The van der Waals surface area contributed by atoms with Gasteiger partial charge in [-0.25, -0.2) is 4.79 Å². The molecule has 0 saturated heterocycles. The zero-order valence-electron chi connectivity index (χ0n) is 19.7. The first kappa shape index (κ1) is 27.1. The van der Waals surface area contributed by atoms with Crippen molar-refractivity contribution in [2.75, 3.05) is 13.7 Å². The molecule has 2 N–H and O–H groups in total. The van der Waals surface area contributed by atoms with Crippen LogP contribution in [-0.2, 0) is 25.5 Å². The summed E-state index contributed by atoms with van der Waals surface area (Å²) in [5.74, 6) is -2.50. The van der Waals surface area contributed by atoms with Gasteiger partial charge in [0.25, 0.3) is 0 Å². The summed E-state index contributed by atoms with van der Waals surface area (Å²) in [5, 5.41) is 16.4. The van der Waals surface area contributed by atoms with Gasteiger partial charge in [-0.3, -0.25) is 19.7 Å². The van der Waals surface area contributed by atoms with Crippen molar-refractivity contribution >= 4 is 17.8 Å². The number of carbonyl (C=O) groups excluding carboxylic acids is 3. The van der Waals surface area contributed by atoms with Crippen LogP contribution in [0, 0.1) is 27.4 Å². The second kappa shape index (κ2) is 12.2. The highest BCUT2D eigenvalue weighted by atomic mass is 16.6. The molecule has 178 valence electrons. The standard InChI is InChI=1S/C23H35N3O6/c1-15(2)12-17(14-26(30)31)20(27)25-19(23(3,4)5)21(28)24-18(22(29)32-6)13-16-10-8-7-9-11-16/h7-11,15,17-19H,12-14H2,1-6H3,(H,24,28)(H,25,27)/t17-,18+,19-/m1/s1. The molecule has 2 amide bonds. The van der Waals surface area contributed by atoms with E-state index >= 15 is 0 Å². The van der Waals surface area contributed by atoms with Crippen molar-refractivity contribution in [3.8, 4) is 0 Å². The number of carbonyl (C=O) groups is 3. The maximum absolute atomic E-state index is 13.1. The van der Waals surface area contributed by atoms with Gasteiger partial charge in [0.1, 0.15) is 18.0 Å². The highest BCUT2D eigenvalue weighted by Crippen LogP contribution is 2.22. The molecule has 0 heterocycles. The number of nitrogens with zero attached hydrogens (tertiary/aromatic N) is 1. The van der Waals surface area contributed by atoms with E-state index < -0.39 is 52.7 Å². The van der Waals surface area contributed by atoms with E-state index in [1.807, 2.05) is 44.2 Å². The van der Waals surface area contributed by atoms with Crippen LogP contribution in [0.3, 0.4) is 0 Å². The van der Waals surface area contributed by atoms with Gasteiger partial charge < -0.3 is 15.4 Å². The lowest BCUT2D eigenvalue weighted by Gasteiger charge is -2.32. The molecule has 0 fully saturated rings. The summed E-state index contributed by atoms with van der Waals surface area (Å²) >= 11 is 0. The van der Waals surface area contributed by atoms with Gasteiger partial charge in [0.2, 0.25) is 18.4 Å². The van der Waals surface area contributed by atoms with Gasteiger partial charge >= 0.3 is 5.97 Å². The van der Waals surface area contributed by atoms with Crippen LogP contribution >= 0.6 is 0 Å². The third-order valence-electron chi connectivity index (χ3n) is 5.00. The molecule has 0 saturated carbocycles. The molecule has 0 radical (unpaired) electrons. The van der Waals surface area contributed by atoms with Crippen LogP contribution in [0.1, 0.15) is 46.6 Å². The second-order valence-electron chi connectivity index (χ2n) is 9.42. The van der Waals surface area contributed by atoms with Gasteiger partial charge in [0.05, 0.1) is 7.11 Å². The molecule has 9 heteroatoms. The van der Waals surface area contributed by atoms with Crippen LogP contribution < -0.4 is 10.6 Å². The third kappa shape index (κ3) is 9.03. The summed E-state index contributed by atoms with van der Waals surface area (Å²) in [4.78, 5) is 48.8. The van der Waals surface area contributed by atoms with Gasteiger partial charge in [-0.05, 0) is 23.3 Å². The smallest absolute Gasteiger partial charge is 0.328 e.